The molecule has 3 aliphatic rings. The molecule has 4 heteroatoms. The van der Waals surface area contributed by atoms with Crippen LogP contribution >= 0.6 is 0 Å². The molecular formula is C15H14N2O2. The molecule has 1 heterocycles. The molecular weight excluding hydrogens is 240 g/mol. The Morgan fingerprint density at radius 1 is 1.21 bits per heavy atom. The second-order valence-electron chi connectivity index (χ2n) is 4.80. The smallest absolute Gasteiger partial charge is 0.319 e. The van der Waals surface area contributed by atoms with Crippen LogP contribution in [0, 0.1) is 5.92 Å². The normalized spacial score (nSPS) is 28.2. The Kier molecular flexibility index (Phi) is 2.71. The first-order valence-corrected chi connectivity index (χ1v) is 6.22. The van der Waals surface area contributed by atoms with Gasteiger partial charge >= 0.3 is 6.03 Å². The van der Waals surface area contributed by atoms with Crippen molar-refractivity contribution in [1.29, 1.82) is 0 Å². The van der Waals surface area contributed by atoms with E-state index in [-0.39, 0.29) is 17.7 Å². The summed E-state index contributed by atoms with van der Waals surface area (Å²) in [6, 6.07) is -0.632. The summed E-state index contributed by atoms with van der Waals surface area (Å²) >= 11 is 0. The minimum absolute atomic E-state index is 0.0106. The van der Waals surface area contributed by atoms with E-state index in [2.05, 4.69) is 0 Å². The zero-order chi connectivity index (χ0) is 13.4. The lowest BCUT2D eigenvalue weighted by Gasteiger charge is -2.32. The first-order chi connectivity index (χ1) is 9.16. The Hall–Kier alpha value is -2.36. The van der Waals surface area contributed by atoms with Crippen LogP contribution in [0.1, 0.15) is 6.42 Å². The van der Waals surface area contributed by atoms with Crippen LogP contribution in [0.25, 0.3) is 0 Å². The van der Waals surface area contributed by atoms with Gasteiger partial charge in [0.05, 0.1) is 6.04 Å². The van der Waals surface area contributed by atoms with Gasteiger partial charge in [0.2, 0.25) is 0 Å². The van der Waals surface area contributed by atoms with E-state index in [0.717, 1.165) is 11.1 Å². The van der Waals surface area contributed by atoms with Gasteiger partial charge in [-0.15, -0.1) is 0 Å². The molecule has 0 saturated heterocycles. The Morgan fingerprint density at radius 2 is 2.00 bits per heavy atom. The summed E-state index contributed by atoms with van der Waals surface area (Å²) in [5, 5.41) is 0. The summed E-state index contributed by atoms with van der Waals surface area (Å²) in [5.41, 5.74) is 7.49. The molecule has 2 unspecified atom stereocenters. The molecule has 2 N–H and O–H groups in total. The molecule has 0 aromatic rings. The first-order valence-electron chi connectivity index (χ1n) is 6.22. The highest BCUT2D eigenvalue weighted by Crippen LogP contribution is 2.35. The first kappa shape index (κ1) is 11.7. The molecule has 2 amide bonds. The lowest BCUT2D eigenvalue weighted by molar-refractivity contribution is -0.114. The van der Waals surface area contributed by atoms with Gasteiger partial charge in [0.15, 0.2) is 5.78 Å². The number of urea groups is 1. The number of nitrogens with two attached hydrogens (primary N) is 1. The number of fused-ring (bicyclic) bond motifs is 2. The molecule has 0 radical (unpaired) electrons. The molecule has 2 aliphatic carbocycles. The summed E-state index contributed by atoms with van der Waals surface area (Å²) in [5.74, 6) is 0.109. The Bertz CT molecular complexity index is 593. The third-order valence-electron chi connectivity index (χ3n) is 3.68. The highest BCUT2D eigenvalue weighted by atomic mass is 16.2. The van der Waals surface area contributed by atoms with Crippen LogP contribution in [0.2, 0.25) is 0 Å². The molecule has 0 saturated carbocycles. The summed E-state index contributed by atoms with van der Waals surface area (Å²) in [6.07, 6.45) is 15.2. The number of allylic oxidation sites excluding steroid dienone is 6. The van der Waals surface area contributed by atoms with Crippen LogP contribution in [0.4, 0.5) is 4.79 Å². The van der Waals surface area contributed by atoms with E-state index < -0.39 is 6.03 Å². The fourth-order valence-corrected chi connectivity index (χ4v) is 2.78. The molecule has 1 aliphatic heterocycles. The van der Waals surface area contributed by atoms with Crippen molar-refractivity contribution < 1.29 is 9.59 Å². The van der Waals surface area contributed by atoms with Crippen molar-refractivity contribution in [3.63, 3.8) is 0 Å². The van der Waals surface area contributed by atoms with Crippen molar-refractivity contribution in [1.82, 2.24) is 4.90 Å². The number of amides is 2. The minimum Gasteiger partial charge on any atom is -0.351 e. The number of ketones is 1. The molecule has 0 aromatic carbocycles. The number of rotatable bonds is 0. The quantitative estimate of drug-likeness (QED) is 0.716. The Balaban J connectivity index is 2.08. The fraction of sp³-hybridized carbons (Fsp3) is 0.200. The molecule has 0 bridgehead atoms. The minimum atomic E-state index is -0.485. The molecule has 0 fully saturated rings. The number of nitrogens with zero attached hydrogens (tertiary/aromatic N) is 1. The number of carbonyl (C=O) groups excluding carboxylic acids is 2. The van der Waals surface area contributed by atoms with Crippen molar-refractivity contribution in [2.45, 2.75) is 12.5 Å². The highest BCUT2D eigenvalue weighted by molar-refractivity contribution is 5.94. The summed E-state index contributed by atoms with van der Waals surface area (Å²) in [4.78, 5) is 24.7. The molecule has 0 aromatic heterocycles. The number of carbonyl (C=O) groups is 2. The molecule has 3 rings (SSSR count). The molecule has 2 atom stereocenters. The highest BCUT2D eigenvalue weighted by Gasteiger charge is 2.33. The van der Waals surface area contributed by atoms with Gasteiger partial charge in [0.25, 0.3) is 0 Å². The van der Waals surface area contributed by atoms with Gasteiger partial charge in [0.1, 0.15) is 0 Å². The van der Waals surface area contributed by atoms with Crippen molar-refractivity contribution in [3.8, 4) is 0 Å². The van der Waals surface area contributed by atoms with Crippen molar-refractivity contribution in [3.05, 3.63) is 59.9 Å². The maximum Gasteiger partial charge on any atom is 0.319 e. The predicted octanol–water partition coefficient (Wildman–Crippen LogP) is 1.83. The lowest BCUT2D eigenvalue weighted by atomic mass is 9.81. The fourth-order valence-electron chi connectivity index (χ4n) is 2.78. The van der Waals surface area contributed by atoms with Crippen LogP contribution in [-0.2, 0) is 4.79 Å². The Morgan fingerprint density at radius 3 is 2.79 bits per heavy atom. The van der Waals surface area contributed by atoms with Gasteiger partial charge < -0.3 is 5.73 Å². The van der Waals surface area contributed by atoms with Gasteiger partial charge in [-0.05, 0) is 23.3 Å². The lowest BCUT2D eigenvalue weighted by Crippen LogP contribution is -2.43. The maximum atomic E-state index is 11.6. The summed E-state index contributed by atoms with van der Waals surface area (Å²) < 4.78 is 0. The van der Waals surface area contributed by atoms with E-state index in [1.165, 1.54) is 4.90 Å². The van der Waals surface area contributed by atoms with E-state index >= 15 is 0 Å². The molecule has 4 nitrogen and oxygen atoms in total. The van der Waals surface area contributed by atoms with Crippen LogP contribution in [0.15, 0.2) is 59.9 Å². The summed E-state index contributed by atoms with van der Waals surface area (Å²) in [6.45, 7) is 0. The van der Waals surface area contributed by atoms with E-state index in [4.69, 9.17) is 5.73 Å². The van der Waals surface area contributed by atoms with Gasteiger partial charge in [-0.25, -0.2) is 4.79 Å². The Labute approximate surface area is 111 Å². The van der Waals surface area contributed by atoms with Crippen molar-refractivity contribution in [2.75, 3.05) is 0 Å². The monoisotopic (exact) mass is 254 g/mol. The predicted molar refractivity (Wildman–Crippen MR) is 71.9 cm³/mol. The van der Waals surface area contributed by atoms with E-state index in [1.54, 1.807) is 12.3 Å². The van der Waals surface area contributed by atoms with Gasteiger partial charge in [-0.2, -0.15) is 0 Å². The maximum absolute atomic E-state index is 11.6. The molecule has 19 heavy (non-hydrogen) atoms. The molecule has 0 spiro atoms. The van der Waals surface area contributed by atoms with Gasteiger partial charge in [-0.3, -0.25) is 9.69 Å². The summed E-state index contributed by atoms with van der Waals surface area (Å²) in [7, 11) is 0. The van der Waals surface area contributed by atoms with Crippen LogP contribution in [0.5, 0.6) is 0 Å². The second kappa shape index (κ2) is 4.39. The number of primary amides is 1. The van der Waals surface area contributed by atoms with Gasteiger partial charge in [0, 0.05) is 18.5 Å². The largest absolute Gasteiger partial charge is 0.351 e. The average Bonchev–Trinajstić information content (AvgIpc) is 2.56. The number of hydrogen-bond donors (Lipinski definition) is 1. The van der Waals surface area contributed by atoms with Crippen molar-refractivity contribution in [2.24, 2.45) is 11.7 Å². The average molecular weight is 254 g/mol. The number of hydrogen-bond acceptors (Lipinski definition) is 2. The van der Waals surface area contributed by atoms with Crippen molar-refractivity contribution >= 4 is 11.8 Å². The zero-order valence-corrected chi connectivity index (χ0v) is 10.3. The van der Waals surface area contributed by atoms with E-state index in [0.29, 0.717) is 6.42 Å². The van der Waals surface area contributed by atoms with Crippen LogP contribution in [0.3, 0.4) is 0 Å². The van der Waals surface area contributed by atoms with Gasteiger partial charge in [-0.1, -0.05) is 30.4 Å². The SMILES string of the molecule is NC(=O)N1C=CC2=C(CC(=O)C=C2)C2C=CC=CC21. The van der Waals surface area contributed by atoms with Crippen LogP contribution < -0.4 is 5.73 Å². The standard InChI is InChI=1S/C15H14N2O2/c16-15(19)17-8-7-10-5-6-11(18)9-13(10)12-3-1-2-4-14(12)17/h1-8,12,14H,9H2,(H2,16,19). The van der Waals surface area contributed by atoms with E-state index in [1.807, 2.05) is 36.5 Å². The second-order valence-corrected chi connectivity index (χ2v) is 4.80. The molecule has 96 valence electrons. The topological polar surface area (TPSA) is 63.4 Å². The van der Waals surface area contributed by atoms with E-state index in [9.17, 15) is 9.59 Å². The zero-order valence-electron chi connectivity index (χ0n) is 10.3. The van der Waals surface area contributed by atoms with Crippen LogP contribution in [-0.4, -0.2) is 22.8 Å². The third-order valence-corrected chi connectivity index (χ3v) is 3.68. The third kappa shape index (κ3) is 1.95.